The topological polar surface area (TPSA) is 53.9 Å². The van der Waals surface area contributed by atoms with Crippen LogP contribution in [0.2, 0.25) is 0 Å². The Hall–Kier alpha value is -6.07. The molecular formula is C40H29N5. The van der Waals surface area contributed by atoms with Crippen LogP contribution in [0.3, 0.4) is 0 Å². The van der Waals surface area contributed by atoms with E-state index in [-0.39, 0.29) is 6.17 Å². The van der Waals surface area contributed by atoms with Gasteiger partial charge in [0, 0.05) is 22.4 Å². The van der Waals surface area contributed by atoms with Gasteiger partial charge in [0.15, 0.2) is 17.5 Å². The fraction of sp³-hybridized carbons (Fsp3) is 0.0250. The quantitative estimate of drug-likeness (QED) is 0.213. The highest BCUT2D eigenvalue weighted by atomic mass is 15.3. The molecule has 1 aliphatic heterocycles. The molecule has 5 nitrogen and oxygen atoms in total. The highest BCUT2D eigenvalue weighted by molar-refractivity contribution is 5.84. The van der Waals surface area contributed by atoms with Gasteiger partial charge in [-0.15, -0.1) is 0 Å². The zero-order valence-corrected chi connectivity index (χ0v) is 24.5. The summed E-state index contributed by atoms with van der Waals surface area (Å²) in [5, 5.41) is 3.74. The van der Waals surface area contributed by atoms with Gasteiger partial charge < -0.3 is 10.2 Å². The lowest BCUT2D eigenvalue weighted by Gasteiger charge is -2.27. The van der Waals surface area contributed by atoms with Gasteiger partial charge in [-0.05, 0) is 41.0 Å². The maximum absolute atomic E-state index is 4.99. The lowest BCUT2D eigenvalue weighted by molar-refractivity contribution is 0.828. The second-order valence-electron chi connectivity index (χ2n) is 11.0. The Labute approximate surface area is 262 Å². The van der Waals surface area contributed by atoms with Crippen LogP contribution in [0.15, 0.2) is 164 Å². The van der Waals surface area contributed by atoms with Crippen LogP contribution in [0.1, 0.15) is 11.7 Å². The molecule has 0 bridgehead atoms. The van der Waals surface area contributed by atoms with Gasteiger partial charge in [-0.1, -0.05) is 140 Å². The summed E-state index contributed by atoms with van der Waals surface area (Å²) in [4.78, 5) is 17.2. The minimum absolute atomic E-state index is 0.0283. The largest absolute Gasteiger partial charge is 0.359 e. The van der Waals surface area contributed by atoms with E-state index in [2.05, 4.69) is 107 Å². The molecule has 8 rings (SSSR count). The van der Waals surface area contributed by atoms with Crippen LogP contribution in [0.4, 0.5) is 17.1 Å². The number of nitrogens with one attached hydrogen (secondary N) is 1. The molecule has 1 N–H and O–H groups in total. The SMILES string of the molecule is c1ccc(-c2nc(-c3ccccc3)nc(-c3ccccc3-c3ccc(C4Nc5ccccc5N4c4ccccc4)cc3)n2)cc1. The van der Waals surface area contributed by atoms with Crippen molar-refractivity contribution in [2.24, 2.45) is 0 Å². The van der Waals surface area contributed by atoms with Crippen molar-refractivity contribution in [3.05, 3.63) is 169 Å². The maximum Gasteiger partial charge on any atom is 0.164 e. The van der Waals surface area contributed by atoms with Crippen LogP contribution in [0.25, 0.3) is 45.3 Å². The normalized spacial score (nSPS) is 13.7. The molecule has 1 atom stereocenters. The molecule has 2 heterocycles. The summed E-state index contributed by atoms with van der Waals surface area (Å²) in [6.45, 7) is 0. The fourth-order valence-corrected chi connectivity index (χ4v) is 5.97. The first-order valence-corrected chi connectivity index (χ1v) is 15.1. The van der Waals surface area contributed by atoms with E-state index in [1.54, 1.807) is 0 Å². The van der Waals surface area contributed by atoms with Crippen LogP contribution in [-0.2, 0) is 0 Å². The second kappa shape index (κ2) is 11.5. The highest BCUT2D eigenvalue weighted by Gasteiger charge is 2.30. The van der Waals surface area contributed by atoms with Crippen LogP contribution >= 0.6 is 0 Å². The Morgan fingerprint density at radius 2 is 0.933 bits per heavy atom. The molecule has 1 aliphatic rings. The molecule has 0 amide bonds. The molecule has 0 saturated carbocycles. The van der Waals surface area contributed by atoms with Gasteiger partial charge in [0.25, 0.3) is 0 Å². The van der Waals surface area contributed by atoms with E-state index in [0.29, 0.717) is 17.5 Å². The standard InChI is InChI=1S/C40H29N5/c1-4-14-29(15-5-1)37-42-38(30-16-6-2-7-17-30)44-39(43-37)34-21-11-10-20-33(34)28-24-26-31(27-25-28)40-41-35-22-12-13-23-36(35)45(40)32-18-8-3-9-19-32/h1-27,40-41H. The average molecular weight is 580 g/mol. The van der Waals surface area contributed by atoms with Crippen LogP contribution in [0, 0.1) is 0 Å². The molecule has 1 unspecified atom stereocenters. The van der Waals surface area contributed by atoms with Gasteiger partial charge in [-0.2, -0.15) is 0 Å². The number of rotatable bonds is 6. The van der Waals surface area contributed by atoms with E-state index in [4.69, 9.17) is 15.0 Å². The monoisotopic (exact) mass is 579 g/mol. The minimum atomic E-state index is -0.0283. The molecule has 0 saturated heterocycles. The fourth-order valence-electron chi connectivity index (χ4n) is 5.97. The Morgan fingerprint density at radius 1 is 0.422 bits per heavy atom. The van der Waals surface area contributed by atoms with Crippen molar-refractivity contribution in [2.75, 3.05) is 10.2 Å². The Bertz CT molecular complexity index is 2020. The number of anilines is 3. The molecule has 5 heteroatoms. The van der Waals surface area contributed by atoms with E-state index in [1.165, 1.54) is 11.3 Å². The lowest BCUT2D eigenvalue weighted by Crippen LogP contribution is -2.23. The van der Waals surface area contributed by atoms with Gasteiger partial charge in [-0.25, -0.2) is 15.0 Å². The molecule has 214 valence electrons. The number of nitrogens with zero attached hydrogens (tertiary/aromatic N) is 4. The van der Waals surface area contributed by atoms with Crippen molar-refractivity contribution in [3.63, 3.8) is 0 Å². The molecule has 6 aromatic carbocycles. The Kier molecular flexibility index (Phi) is 6.81. The van der Waals surface area contributed by atoms with Crippen molar-refractivity contribution >= 4 is 17.1 Å². The molecule has 0 fully saturated rings. The summed E-state index contributed by atoms with van der Waals surface area (Å²) in [6, 6.07) is 56.3. The molecule has 0 spiro atoms. The number of hydrogen-bond acceptors (Lipinski definition) is 5. The third-order valence-electron chi connectivity index (χ3n) is 8.15. The summed E-state index contributed by atoms with van der Waals surface area (Å²) >= 11 is 0. The number of benzene rings is 6. The molecule has 1 aromatic heterocycles. The lowest BCUT2D eigenvalue weighted by atomic mass is 9.97. The van der Waals surface area contributed by atoms with Gasteiger partial charge in [-0.3, -0.25) is 0 Å². The van der Waals surface area contributed by atoms with Crippen LogP contribution < -0.4 is 10.2 Å². The summed E-state index contributed by atoms with van der Waals surface area (Å²) in [6.07, 6.45) is -0.0283. The third-order valence-corrected chi connectivity index (χ3v) is 8.15. The molecule has 45 heavy (non-hydrogen) atoms. The summed E-state index contributed by atoms with van der Waals surface area (Å²) in [5.41, 5.74) is 9.64. The van der Waals surface area contributed by atoms with Crippen molar-refractivity contribution in [2.45, 2.75) is 6.17 Å². The number of para-hydroxylation sites is 3. The Balaban J connectivity index is 1.19. The first kappa shape index (κ1) is 26.5. The van der Waals surface area contributed by atoms with E-state index in [9.17, 15) is 0 Å². The molecular weight excluding hydrogens is 550 g/mol. The minimum Gasteiger partial charge on any atom is -0.359 e. The van der Waals surface area contributed by atoms with Crippen molar-refractivity contribution < 1.29 is 0 Å². The van der Waals surface area contributed by atoms with Gasteiger partial charge in [0.1, 0.15) is 6.17 Å². The summed E-state index contributed by atoms with van der Waals surface area (Å²) in [7, 11) is 0. The number of aromatic nitrogens is 3. The van der Waals surface area contributed by atoms with Gasteiger partial charge >= 0.3 is 0 Å². The number of fused-ring (bicyclic) bond motifs is 1. The maximum atomic E-state index is 4.99. The van der Waals surface area contributed by atoms with E-state index in [1.807, 2.05) is 66.7 Å². The first-order chi connectivity index (χ1) is 22.3. The van der Waals surface area contributed by atoms with E-state index >= 15 is 0 Å². The highest BCUT2D eigenvalue weighted by Crippen LogP contribution is 2.46. The zero-order valence-electron chi connectivity index (χ0n) is 24.5. The third kappa shape index (κ3) is 5.11. The van der Waals surface area contributed by atoms with Gasteiger partial charge in [0.05, 0.1) is 11.4 Å². The summed E-state index contributed by atoms with van der Waals surface area (Å²) in [5.74, 6) is 1.94. The van der Waals surface area contributed by atoms with Crippen molar-refractivity contribution in [3.8, 4) is 45.3 Å². The predicted octanol–water partition coefficient (Wildman–Crippen LogP) is 9.80. The van der Waals surface area contributed by atoms with Gasteiger partial charge in [0.2, 0.25) is 0 Å². The van der Waals surface area contributed by atoms with E-state index in [0.717, 1.165) is 39.2 Å². The Morgan fingerprint density at radius 3 is 1.58 bits per heavy atom. The molecule has 7 aromatic rings. The smallest absolute Gasteiger partial charge is 0.164 e. The second-order valence-corrected chi connectivity index (χ2v) is 11.0. The van der Waals surface area contributed by atoms with Crippen LogP contribution in [-0.4, -0.2) is 15.0 Å². The first-order valence-electron chi connectivity index (χ1n) is 15.1. The molecule has 0 aliphatic carbocycles. The van der Waals surface area contributed by atoms with E-state index < -0.39 is 0 Å². The number of hydrogen-bond donors (Lipinski definition) is 1. The molecule has 0 radical (unpaired) electrons. The average Bonchev–Trinajstić information content (AvgIpc) is 3.52. The van der Waals surface area contributed by atoms with Crippen molar-refractivity contribution in [1.29, 1.82) is 0 Å². The predicted molar refractivity (Wildman–Crippen MR) is 183 cm³/mol. The summed E-state index contributed by atoms with van der Waals surface area (Å²) < 4.78 is 0. The van der Waals surface area contributed by atoms with Crippen molar-refractivity contribution in [1.82, 2.24) is 15.0 Å². The van der Waals surface area contributed by atoms with Crippen LogP contribution in [0.5, 0.6) is 0 Å². The zero-order chi connectivity index (χ0) is 30.0.